The van der Waals surface area contributed by atoms with E-state index in [-0.39, 0.29) is 23.5 Å². The lowest BCUT2D eigenvalue weighted by molar-refractivity contribution is -0.144. The molecule has 1 saturated carbocycles. The van der Waals surface area contributed by atoms with Gasteiger partial charge in [0, 0.05) is 30.6 Å². The third-order valence-electron chi connectivity index (χ3n) is 6.82. The monoisotopic (exact) mass is 442 g/mol. The van der Waals surface area contributed by atoms with E-state index in [1.165, 1.54) is 6.07 Å². The van der Waals surface area contributed by atoms with E-state index in [1.54, 1.807) is 18.2 Å². The fraction of sp³-hybridized carbons (Fsp3) is 0.440. The van der Waals surface area contributed by atoms with E-state index in [0.29, 0.717) is 49.5 Å². The average molecular weight is 443 g/mol. The standard InChI is InChI=1S/C25H28ClFN2O2/c26-21-8-6-20(7-9-21)25(13-3-14-25)24(31)29-16-11-19(12-17-29)23(30)28-15-10-18-4-1-2-5-22(18)27/h1-2,4-9,19H,3,10-17H2,(H,28,30). The summed E-state index contributed by atoms with van der Waals surface area (Å²) >= 11 is 6.02. The van der Waals surface area contributed by atoms with Crippen LogP contribution < -0.4 is 5.32 Å². The smallest absolute Gasteiger partial charge is 0.233 e. The van der Waals surface area contributed by atoms with E-state index in [0.717, 1.165) is 24.8 Å². The van der Waals surface area contributed by atoms with E-state index in [4.69, 9.17) is 11.6 Å². The molecule has 0 unspecified atom stereocenters. The zero-order valence-corrected chi connectivity index (χ0v) is 18.3. The van der Waals surface area contributed by atoms with Crippen molar-refractivity contribution in [1.82, 2.24) is 10.2 Å². The Balaban J connectivity index is 1.29. The van der Waals surface area contributed by atoms with Crippen molar-refractivity contribution in [3.63, 3.8) is 0 Å². The van der Waals surface area contributed by atoms with Crippen LogP contribution in [0, 0.1) is 11.7 Å². The molecular weight excluding hydrogens is 415 g/mol. The van der Waals surface area contributed by atoms with Crippen LogP contribution in [0.15, 0.2) is 48.5 Å². The molecule has 4 nitrogen and oxygen atoms in total. The summed E-state index contributed by atoms with van der Waals surface area (Å²) in [5, 5.41) is 3.61. The number of rotatable bonds is 6. The molecule has 6 heteroatoms. The Morgan fingerprint density at radius 3 is 2.35 bits per heavy atom. The van der Waals surface area contributed by atoms with E-state index in [9.17, 15) is 14.0 Å². The number of benzene rings is 2. The molecule has 2 fully saturated rings. The normalized spacial score (nSPS) is 18.3. The molecule has 1 aliphatic heterocycles. The van der Waals surface area contributed by atoms with Gasteiger partial charge in [0.1, 0.15) is 5.82 Å². The maximum atomic E-state index is 13.7. The van der Waals surface area contributed by atoms with Gasteiger partial charge in [-0.2, -0.15) is 0 Å². The van der Waals surface area contributed by atoms with Crippen LogP contribution in [0.4, 0.5) is 4.39 Å². The molecule has 2 aliphatic rings. The second kappa shape index (κ2) is 9.39. The molecule has 0 radical (unpaired) electrons. The van der Waals surface area contributed by atoms with Gasteiger partial charge in [0.05, 0.1) is 5.41 Å². The highest BCUT2D eigenvalue weighted by Crippen LogP contribution is 2.46. The quantitative estimate of drug-likeness (QED) is 0.716. The zero-order valence-electron chi connectivity index (χ0n) is 17.6. The zero-order chi connectivity index (χ0) is 21.8. The van der Waals surface area contributed by atoms with Gasteiger partial charge in [-0.25, -0.2) is 4.39 Å². The minimum absolute atomic E-state index is 0.000466. The van der Waals surface area contributed by atoms with E-state index < -0.39 is 5.41 Å². The minimum atomic E-state index is -0.431. The average Bonchev–Trinajstić information content (AvgIpc) is 2.75. The second-order valence-electron chi connectivity index (χ2n) is 8.64. The maximum Gasteiger partial charge on any atom is 0.233 e. The number of nitrogens with zero attached hydrogens (tertiary/aromatic N) is 1. The van der Waals surface area contributed by atoms with Gasteiger partial charge in [-0.3, -0.25) is 9.59 Å². The van der Waals surface area contributed by atoms with E-state index in [2.05, 4.69) is 5.32 Å². The predicted molar refractivity (Wildman–Crippen MR) is 119 cm³/mol. The highest BCUT2D eigenvalue weighted by atomic mass is 35.5. The van der Waals surface area contributed by atoms with Gasteiger partial charge < -0.3 is 10.2 Å². The van der Waals surface area contributed by atoms with Crippen LogP contribution in [0.3, 0.4) is 0 Å². The summed E-state index contributed by atoms with van der Waals surface area (Å²) in [6.45, 7) is 1.61. The van der Waals surface area contributed by atoms with Gasteiger partial charge in [-0.15, -0.1) is 0 Å². The highest BCUT2D eigenvalue weighted by molar-refractivity contribution is 6.30. The molecule has 0 aromatic heterocycles. The van der Waals surface area contributed by atoms with Crippen molar-refractivity contribution in [2.45, 2.75) is 43.9 Å². The number of amides is 2. The van der Waals surface area contributed by atoms with Gasteiger partial charge in [-0.1, -0.05) is 48.4 Å². The largest absolute Gasteiger partial charge is 0.356 e. The van der Waals surface area contributed by atoms with Gasteiger partial charge in [-0.05, 0) is 61.4 Å². The summed E-state index contributed by atoms with van der Waals surface area (Å²) in [7, 11) is 0. The van der Waals surface area contributed by atoms with E-state index in [1.807, 2.05) is 29.2 Å². The van der Waals surface area contributed by atoms with Crippen LogP contribution in [0.25, 0.3) is 0 Å². The number of hydrogen-bond donors (Lipinski definition) is 1. The van der Waals surface area contributed by atoms with Gasteiger partial charge >= 0.3 is 0 Å². The number of nitrogens with one attached hydrogen (secondary N) is 1. The summed E-state index contributed by atoms with van der Waals surface area (Å²) in [5.41, 5.74) is 1.22. The molecule has 0 bridgehead atoms. The Morgan fingerprint density at radius 2 is 1.74 bits per heavy atom. The Kier molecular flexibility index (Phi) is 6.61. The topological polar surface area (TPSA) is 49.4 Å². The third kappa shape index (κ3) is 4.62. The van der Waals surface area contributed by atoms with Crippen molar-refractivity contribution in [3.8, 4) is 0 Å². The third-order valence-corrected chi connectivity index (χ3v) is 7.07. The number of carbonyl (C=O) groups is 2. The van der Waals surface area contributed by atoms with Crippen LogP contribution in [0.1, 0.15) is 43.2 Å². The lowest BCUT2D eigenvalue weighted by Gasteiger charge is -2.45. The van der Waals surface area contributed by atoms with Crippen LogP contribution in [-0.2, 0) is 21.4 Å². The number of likely N-dealkylation sites (tertiary alicyclic amines) is 1. The van der Waals surface area contributed by atoms with Crippen molar-refractivity contribution < 1.29 is 14.0 Å². The summed E-state index contributed by atoms with van der Waals surface area (Å²) in [6, 6.07) is 14.3. The number of carbonyl (C=O) groups excluding carboxylic acids is 2. The molecular formula is C25H28ClFN2O2. The molecule has 0 spiro atoms. The Hall–Kier alpha value is -2.40. The highest BCUT2D eigenvalue weighted by Gasteiger charge is 2.48. The fourth-order valence-electron chi connectivity index (χ4n) is 4.74. The van der Waals surface area contributed by atoms with Crippen LogP contribution in [-0.4, -0.2) is 36.3 Å². The lowest BCUT2D eigenvalue weighted by atomic mass is 9.63. The van der Waals surface area contributed by atoms with Crippen molar-refractivity contribution in [2.75, 3.05) is 19.6 Å². The lowest BCUT2D eigenvalue weighted by Crippen LogP contribution is -2.53. The van der Waals surface area contributed by atoms with Crippen LogP contribution >= 0.6 is 11.6 Å². The molecule has 2 aromatic carbocycles. The van der Waals surface area contributed by atoms with Gasteiger partial charge in [0.2, 0.25) is 11.8 Å². The van der Waals surface area contributed by atoms with Gasteiger partial charge in [0.25, 0.3) is 0 Å². The molecule has 1 N–H and O–H groups in total. The summed E-state index contributed by atoms with van der Waals surface area (Å²) in [4.78, 5) is 27.9. The molecule has 1 saturated heterocycles. The molecule has 2 amide bonds. The summed E-state index contributed by atoms with van der Waals surface area (Å²) in [6.07, 6.45) is 4.57. The first-order valence-electron chi connectivity index (χ1n) is 11.1. The first-order valence-corrected chi connectivity index (χ1v) is 11.4. The van der Waals surface area contributed by atoms with Crippen molar-refractivity contribution in [3.05, 3.63) is 70.5 Å². The van der Waals surface area contributed by atoms with Crippen molar-refractivity contribution in [1.29, 1.82) is 0 Å². The molecule has 0 atom stereocenters. The van der Waals surface area contributed by atoms with Crippen LogP contribution in [0.2, 0.25) is 5.02 Å². The first kappa shape index (κ1) is 21.8. The molecule has 4 rings (SSSR count). The van der Waals surface area contributed by atoms with Crippen molar-refractivity contribution >= 4 is 23.4 Å². The minimum Gasteiger partial charge on any atom is -0.356 e. The Bertz CT molecular complexity index is 935. The maximum absolute atomic E-state index is 13.7. The predicted octanol–water partition coefficient (Wildman–Crippen LogP) is 4.50. The number of halogens is 2. The molecule has 1 heterocycles. The molecule has 2 aromatic rings. The SMILES string of the molecule is O=C(NCCc1ccccc1F)C1CCN(C(=O)C2(c3ccc(Cl)cc3)CCC2)CC1. The molecule has 164 valence electrons. The molecule has 31 heavy (non-hydrogen) atoms. The van der Waals surface area contributed by atoms with Crippen molar-refractivity contribution in [2.24, 2.45) is 5.92 Å². The Morgan fingerprint density at radius 1 is 1.06 bits per heavy atom. The summed E-state index contributed by atoms with van der Waals surface area (Å²) in [5.74, 6) is -0.161. The first-order chi connectivity index (χ1) is 15.0. The van der Waals surface area contributed by atoms with E-state index >= 15 is 0 Å². The Labute approximate surface area is 187 Å². The second-order valence-corrected chi connectivity index (χ2v) is 9.08. The molecule has 1 aliphatic carbocycles. The van der Waals surface area contributed by atoms with Gasteiger partial charge in [0.15, 0.2) is 0 Å². The van der Waals surface area contributed by atoms with Crippen LogP contribution in [0.5, 0.6) is 0 Å². The fourth-order valence-corrected chi connectivity index (χ4v) is 4.86. The summed E-state index contributed by atoms with van der Waals surface area (Å²) < 4.78 is 13.7. The number of piperidine rings is 1. The number of hydrogen-bond acceptors (Lipinski definition) is 2.